The van der Waals surface area contributed by atoms with Gasteiger partial charge in [0.15, 0.2) is 6.30 Å². The van der Waals surface area contributed by atoms with Crippen LogP contribution in [0.25, 0.3) is 0 Å². The van der Waals surface area contributed by atoms with Gasteiger partial charge in [-0.25, -0.2) is 14.0 Å². The molecule has 1 aromatic rings. The molecule has 7 nitrogen and oxygen atoms in total. The molecular weight excluding hydrogens is 386 g/mol. The maximum atomic E-state index is 14.4. The molecule has 2 rings (SSSR count). The predicted octanol–water partition coefficient (Wildman–Crippen LogP) is 4.01. The first-order chi connectivity index (χ1) is 13.2. The number of rotatable bonds is 6. The van der Waals surface area contributed by atoms with Gasteiger partial charge < -0.3 is 20.1 Å². The zero-order chi connectivity index (χ0) is 20.7. The number of anilines is 1. The Morgan fingerprint density at radius 1 is 1.25 bits per heavy atom. The van der Waals surface area contributed by atoms with Gasteiger partial charge in [0.2, 0.25) is 0 Å². The molecule has 1 fully saturated rings. The van der Waals surface area contributed by atoms with E-state index in [0.29, 0.717) is 6.42 Å². The Balaban J connectivity index is 1.82. The van der Waals surface area contributed by atoms with E-state index in [0.717, 1.165) is 23.5 Å². The predicted molar refractivity (Wildman–Crippen MR) is 91.5 cm³/mol. The number of hydrogen-bond acceptors (Lipinski definition) is 4. The van der Waals surface area contributed by atoms with Gasteiger partial charge in [0.1, 0.15) is 5.75 Å². The number of unbranched alkanes of at least 4 members (excludes halogenated alkanes) is 1. The van der Waals surface area contributed by atoms with E-state index in [1.165, 1.54) is 12.1 Å². The lowest BCUT2D eigenvalue weighted by molar-refractivity contribution is -0.274. The molecule has 0 saturated carbocycles. The quantitative estimate of drug-likeness (QED) is 0.424. The van der Waals surface area contributed by atoms with Crippen molar-refractivity contribution in [2.75, 3.05) is 18.5 Å². The van der Waals surface area contributed by atoms with Gasteiger partial charge in [-0.05, 0) is 37.1 Å². The summed E-state index contributed by atoms with van der Waals surface area (Å²) in [6.07, 6.45) is -5.61. The zero-order valence-electron chi connectivity index (χ0n) is 15.1. The summed E-state index contributed by atoms with van der Waals surface area (Å²) in [5.74, 6) is -0.435. The lowest BCUT2D eigenvalue weighted by atomic mass is 10.2. The molecule has 0 unspecified atom stereocenters. The highest BCUT2D eigenvalue weighted by Gasteiger charge is 2.39. The third-order valence-electron chi connectivity index (χ3n) is 3.93. The number of hydrogen-bond donors (Lipinski definition) is 2. The minimum absolute atomic E-state index is 0.0978. The molecule has 0 bridgehead atoms. The van der Waals surface area contributed by atoms with Crippen molar-refractivity contribution in [3.63, 3.8) is 0 Å². The highest BCUT2D eigenvalue weighted by Crippen LogP contribution is 2.24. The van der Waals surface area contributed by atoms with Crippen molar-refractivity contribution in [3.05, 3.63) is 24.3 Å². The Morgan fingerprint density at radius 2 is 1.93 bits per heavy atom. The number of urea groups is 1. The van der Waals surface area contributed by atoms with Gasteiger partial charge in [-0.1, -0.05) is 13.3 Å². The average Bonchev–Trinajstić information content (AvgIpc) is 2.96. The third-order valence-corrected chi connectivity index (χ3v) is 3.93. The van der Waals surface area contributed by atoms with Crippen LogP contribution >= 0.6 is 0 Å². The van der Waals surface area contributed by atoms with Crippen LogP contribution in [0, 0.1) is 0 Å². The van der Waals surface area contributed by atoms with Crippen LogP contribution in [-0.2, 0) is 4.74 Å². The molecule has 1 heterocycles. The minimum Gasteiger partial charge on any atom is -0.449 e. The van der Waals surface area contributed by atoms with E-state index in [2.05, 4.69) is 15.4 Å². The van der Waals surface area contributed by atoms with Crippen LogP contribution in [0.1, 0.15) is 26.2 Å². The van der Waals surface area contributed by atoms with Crippen molar-refractivity contribution in [1.29, 1.82) is 0 Å². The van der Waals surface area contributed by atoms with Crippen molar-refractivity contribution in [2.45, 2.75) is 44.9 Å². The average molecular weight is 407 g/mol. The molecule has 2 atom stereocenters. The summed E-state index contributed by atoms with van der Waals surface area (Å²) in [4.78, 5) is 24.7. The molecule has 1 aromatic carbocycles. The van der Waals surface area contributed by atoms with Crippen LogP contribution in [0.15, 0.2) is 24.3 Å². The van der Waals surface area contributed by atoms with E-state index < -0.39 is 36.6 Å². The summed E-state index contributed by atoms with van der Waals surface area (Å²) in [5, 5.41) is 4.77. The number of alkyl halides is 4. The minimum atomic E-state index is -4.81. The van der Waals surface area contributed by atoms with Crippen molar-refractivity contribution in [2.24, 2.45) is 0 Å². The molecule has 0 aromatic heterocycles. The number of amides is 3. The SMILES string of the molecule is CCCCOC(=O)N1CC[C@H](NC(=O)Nc2ccc(OC(F)(F)F)cc2)[C@@H]1F. The summed E-state index contributed by atoms with van der Waals surface area (Å²) in [7, 11) is 0. The Hall–Kier alpha value is -2.72. The number of carbonyl (C=O) groups excluding carboxylic acids is 2. The molecule has 156 valence electrons. The highest BCUT2D eigenvalue weighted by atomic mass is 19.4. The van der Waals surface area contributed by atoms with Crippen LogP contribution in [0.3, 0.4) is 0 Å². The zero-order valence-corrected chi connectivity index (χ0v) is 15.1. The van der Waals surface area contributed by atoms with Gasteiger partial charge in [-0.3, -0.25) is 4.90 Å². The number of benzene rings is 1. The van der Waals surface area contributed by atoms with E-state index in [4.69, 9.17) is 4.74 Å². The molecule has 0 spiro atoms. The van der Waals surface area contributed by atoms with Gasteiger partial charge in [-0.2, -0.15) is 0 Å². The molecule has 1 aliphatic heterocycles. The smallest absolute Gasteiger partial charge is 0.449 e. The Labute approximate surface area is 159 Å². The molecule has 1 aliphatic rings. The van der Waals surface area contributed by atoms with Gasteiger partial charge in [0.25, 0.3) is 0 Å². The number of halogens is 4. The van der Waals surface area contributed by atoms with Crippen LogP contribution < -0.4 is 15.4 Å². The number of nitrogens with zero attached hydrogens (tertiary/aromatic N) is 1. The second kappa shape index (κ2) is 9.47. The largest absolute Gasteiger partial charge is 0.573 e. The standard InChI is InChI=1S/C17H21F4N3O4/c1-2-3-10-27-16(26)24-9-8-13(14(24)18)23-15(25)22-11-4-6-12(7-5-11)28-17(19,20)21/h4-7,13-14H,2-3,8-10H2,1H3,(H2,22,23,25)/t13-,14+/m0/s1. The second-order valence-electron chi connectivity index (χ2n) is 6.10. The number of carbonyl (C=O) groups is 2. The van der Waals surface area contributed by atoms with Gasteiger partial charge in [-0.15, -0.1) is 13.2 Å². The fourth-order valence-corrected chi connectivity index (χ4v) is 2.55. The lowest BCUT2D eigenvalue weighted by Gasteiger charge is -2.21. The number of likely N-dealkylation sites (tertiary alicyclic amines) is 1. The highest BCUT2D eigenvalue weighted by molar-refractivity contribution is 5.89. The number of ether oxygens (including phenoxy) is 2. The summed E-state index contributed by atoms with van der Waals surface area (Å²) < 4.78 is 59.4. The van der Waals surface area contributed by atoms with Crippen molar-refractivity contribution in [3.8, 4) is 5.75 Å². The van der Waals surface area contributed by atoms with E-state index in [-0.39, 0.29) is 25.3 Å². The first-order valence-corrected chi connectivity index (χ1v) is 8.70. The molecule has 28 heavy (non-hydrogen) atoms. The lowest BCUT2D eigenvalue weighted by Crippen LogP contribution is -2.45. The van der Waals surface area contributed by atoms with E-state index >= 15 is 0 Å². The normalized spacial score (nSPS) is 19.2. The Morgan fingerprint density at radius 3 is 2.54 bits per heavy atom. The van der Waals surface area contributed by atoms with Crippen molar-refractivity contribution in [1.82, 2.24) is 10.2 Å². The Bertz CT molecular complexity index is 669. The summed E-state index contributed by atoms with van der Waals surface area (Å²) in [6.45, 7) is 2.23. The van der Waals surface area contributed by atoms with Crippen LogP contribution in [0.4, 0.5) is 32.8 Å². The molecule has 11 heteroatoms. The molecule has 1 saturated heterocycles. The summed E-state index contributed by atoms with van der Waals surface area (Å²) in [5.41, 5.74) is 0.191. The maximum Gasteiger partial charge on any atom is 0.573 e. The van der Waals surface area contributed by atoms with Gasteiger partial charge >= 0.3 is 18.5 Å². The van der Waals surface area contributed by atoms with Crippen molar-refractivity contribution < 1.29 is 36.6 Å². The van der Waals surface area contributed by atoms with E-state index in [9.17, 15) is 27.2 Å². The summed E-state index contributed by atoms with van der Waals surface area (Å²) >= 11 is 0. The Kier molecular flexibility index (Phi) is 7.30. The maximum absolute atomic E-state index is 14.4. The van der Waals surface area contributed by atoms with Crippen LogP contribution in [0.2, 0.25) is 0 Å². The molecule has 0 aliphatic carbocycles. The van der Waals surface area contributed by atoms with Gasteiger partial charge in [0, 0.05) is 12.2 Å². The summed E-state index contributed by atoms with van der Waals surface area (Å²) in [6, 6.07) is 2.80. The first kappa shape index (κ1) is 21.6. The topological polar surface area (TPSA) is 79.9 Å². The van der Waals surface area contributed by atoms with E-state index in [1.54, 1.807) is 0 Å². The van der Waals surface area contributed by atoms with Crippen LogP contribution in [-0.4, -0.2) is 48.9 Å². The van der Waals surface area contributed by atoms with Crippen molar-refractivity contribution >= 4 is 17.8 Å². The number of nitrogens with one attached hydrogen (secondary N) is 2. The first-order valence-electron chi connectivity index (χ1n) is 8.70. The van der Waals surface area contributed by atoms with Crippen LogP contribution in [0.5, 0.6) is 5.75 Å². The fourth-order valence-electron chi connectivity index (χ4n) is 2.55. The third kappa shape index (κ3) is 6.46. The molecular formula is C17H21F4N3O4. The van der Waals surface area contributed by atoms with E-state index in [1.807, 2.05) is 6.92 Å². The fraction of sp³-hybridized carbons (Fsp3) is 0.529. The van der Waals surface area contributed by atoms with Gasteiger partial charge in [0.05, 0.1) is 12.6 Å². The molecule has 3 amide bonds. The molecule has 0 radical (unpaired) electrons. The second-order valence-corrected chi connectivity index (χ2v) is 6.10. The monoisotopic (exact) mass is 407 g/mol. The molecule has 2 N–H and O–H groups in total.